The molecule has 4 nitrogen and oxygen atoms in total. The van der Waals surface area contributed by atoms with Crippen LogP contribution in [0.1, 0.15) is 5.56 Å². The Kier molecular flexibility index (Phi) is 5.35. The Morgan fingerprint density at radius 1 is 0.818 bits per heavy atom. The van der Waals surface area contributed by atoms with Crippen molar-refractivity contribution < 1.29 is 35.5 Å². The van der Waals surface area contributed by atoms with E-state index >= 15 is 0 Å². The molecule has 3 aromatic carbocycles. The van der Waals surface area contributed by atoms with Crippen LogP contribution in [0, 0.1) is 5.82 Å². The van der Waals surface area contributed by atoms with Gasteiger partial charge in [-0.05, 0) is 48.5 Å². The van der Waals surface area contributed by atoms with Gasteiger partial charge in [-0.15, -0.1) is 13.2 Å². The van der Waals surface area contributed by atoms with Gasteiger partial charge in [0.05, 0.1) is 22.3 Å². The summed E-state index contributed by atoms with van der Waals surface area (Å²) in [4.78, 5) is 13.0. The summed E-state index contributed by atoms with van der Waals surface area (Å²) in [6, 6.07) is 11.5. The number of rotatable bonds is 3. The number of nitrogens with zero attached hydrogens (tertiary/aromatic N) is 2. The van der Waals surface area contributed by atoms with Gasteiger partial charge in [0.25, 0.3) is 5.56 Å². The van der Waals surface area contributed by atoms with Gasteiger partial charge in [-0.25, -0.2) is 4.39 Å². The number of halogens is 7. The molecule has 4 aromatic rings. The molecule has 11 heteroatoms. The van der Waals surface area contributed by atoms with Gasteiger partial charge in [0, 0.05) is 10.9 Å². The fourth-order valence-electron chi connectivity index (χ4n) is 3.23. The number of alkyl halides is 6. The molecule has 0 N–H and O–H groups in total. The van der Waals surface area contributed by atoms with Crippen LogP contribution < -0.4 is 10.3 Å². The lowest BCUT2D eigenvalue weighted by atomic mass is 10.0. The van der Waals surface area contributed by atoms with E-state index in [1.807, 2.05) is 0 Å². The highest BCUT2D eigenvalue weighted by molar-refractivity contribution is 5.94. The molecule has 0 aliphatic carbocycles. The summed E-state index contributed by atoms with van der Waals surface area (Å²) in [5.74, 6) is -1.20. The summed E-state index contributed by atoms with van der Waals surface area (Å²) >= 11 is 0. The zero-order chi connectivity index (χ0) is 24.0. The van der Waals surface area contributed by atoms with Gasteiger partial charge in [0.1, 0.15) is 11.6 Å². The Balaban J connectivity index is 2.01. The zero-order valence-electron chi connectivity index (χ0n) is 16.2. The molecule has 0 radical (unpaired) electrons. The van der Waals surface area contributed by atoms with E-state index in [-0.39, 0.29) is 27.7 Å². The minimum Gasteiger partial charge on any atom is -0.406 e. The second kappa shape index (κ2) is 7.91. The minimum atomic E-state index is -4.97. The highest BCUT2D eigenvalue weighted by Crippen LogP contribution is 2.34. The van der Waals surface area contributed by atoms with Crippen molar-refractivity contribution in [2.45, 2.75) is 12.5 Å². The minimum absolute atomic E-state index is 0.0180. The van der Waals surface area contributed by atoms with Crippen LogP contribution in [0.15, 0.2) is 71.5 Å². The largest absolute Gasteiger partial charge is 0.573 e. The normalized spacial score (nSPS) is 12.2. The summed E-state index contributed by atoms with van der Waals surface area (Å²) in [6.07, 6.45) is -9.71. The van der Waals surface area contributed by atoms with E-state index in [1.54, 1.807) is 0 Å². The smallest absolute Gasteiger partial charge is 0.406 e. The third kappa shape index (κ3) is 4.66. The van der Waals surface area contributed by atoms with Crippen LogP contribution in [0.4, 0.5) is 30.7 Å². The van der Waals surface area contributed by atoms with E-state index in [2.05, 4.69) is 9.84 Å². The Morgan fingerprint density at radius 3 is 2.15 bits per heavy atom. The van der Waals surface area contributed by atoms with E-state index in [0.717, 1.165) is 41.1 Å². The number of fused-ring (bicyclic) bond motifs is 1. The van der Waals surface area contributed by atoms with Gasteiger partial charge < -0.3 is 4.74 Å². The molecule has 0 unspecified atom stereocenters. The third-order valence-electron chi connectivity index (χ3n) is 4.64. The van der Waals surface area contributed by atoms with Crippen molar-refractivity contribution in [3.63, 3.8) is 0 Å². The van der Waals surface area contributed by atoms with Crippen LogP contribution in [-0.2, 0) is 6.18 Å². The molecule has 0 bridgehead atoms. The van der Waals surface area contributed by atoms with E-state index in [0.29, 0.717) is 6.07 Å². The molecule has 0 fully saturated rings. The average Bonchev–Trinajstić information content (AvgIpc) is 2.73. The third-order valence-corrected chi connectivity index (χ3v) is 4.64. The van der Waals surface area contributed by atoms with Crippen molar-refractivity contribution in [1.82, 2.24) is 9.78 Å². The van der Waals surface area contributed by atoms with Crippen molar-refractivity contribution in [3.8, 4) is 22.7 Å². The summed E-state index contributed by atoms with van der Waals surface area (Å²) in [6.45, 7) is 0. The van der Waals surface area contributed by atoms with E-state index < -0.39 is 35.2 Å². The summed E-state index contributed by atoms with van der Waals surface area (Å²) < 4.78 is 95.7. The Bertz CT molecular complexity index is 1390. The SMILES string of the molecule is O=c1c2cc(C(F)(F)F)ccc2c(-c2cccc(OC(F)(F)F)c2)nn1-c1ccc(F)cc1. The van der Waals surface area contributed by atoms with Crippen LogP contribution in [-0.4, -0.2) is 16.1 Å². The topological polar surface area (TPSA) is 44.1 Å². The van der Waals surface area contributed by atoms with Crippen LogP contribution in [0.3, 0.4) is 0 Å². The lowest BCUT2D eigenvalue weighted by Gasteiger charge is -2.14. The van der Waals surface area contributed by atoms with Gasteiger partial charge in [0.2, 0.25) is 0 Å². The first kappa shape index (κ1) is 22.3. The predicted octanol–water partition coefficient (Wildman–Crippen LogP) is 6.11. The van der Waals surface area contributed by atoms with Crippen molar-refractivity contribution >= 4 is 10.8 Å². The second-order valence-corrected chi connectivity index (χ2v) is 6.88. The monoisotopic (exact) mass is 468 g/mol. The first-order valence-corrected chi connectivity index (χ1v) is 9.19. The van der Waals surface area contributed by atoms with Crippen LogP contribution in [0.25, 0.3) is 27.7 Å². The maximum absolute atomic E-state index is 13.3. The van der Waals surface area contributed by atoms with Crippen molar-refractivity contribution in [3.05, 3.63) is 88.5 Å². The molecule has 0 saturated heterocycles. The molecule has 4 rings (SSSR count). The number of hydrogen-bond acceptors (Lipinski definition) is 3. The first-order valence-electron chi connectivity index (χ1n) is 9.19. The Hall–Kier alpha value is -3.89. The fraction of sp³-hybridized carbons (Fsp3) is 0.0909. The molecule has 170 valence electrons. The second-order valence-electron chi connectivity index (χ2n) is 6.88. The van der Waals surface area contributed by atoms with Gasteiger partial charge >= 0.3 is 12.5 Å². The molecule has 0 amide bonds. The Morgan fingerprint density at radius 2 is 1.52 bits per heavy atom. The highest BCUT2D eigenvalue weighted by atomic mass is 19.4. The van der Waals surface area contributed by atoms with Crippen LogP contribution >= 0.6 is 0 Å². The van der Waals surface area contributed by atoms with Crippen LogP contribution in [0.5, 0.6) is 5.75 Å². The molecule has 1 heterocycles. The number of hydrogen-bond donors (Lipinski definition) is 0. The maximum Gasteiger partial charge on any atom is 0.573 e. The van der Waals surface area contributed by atoms with Crippen molar-refractivity contribution in [2.75, 3.05) is 0 Å². The molecule has 0 saturated carbocycles. The molecular weight excluding hydrogens is 457 g/mol. The summed E-state index contributed by atoms with van der Waals surface area (Å²) in [5.41, 5.74) is -1.99. The standard InChI is InChI=1S/C22H11F7N2O2/c23-14-5-7-15(8-6-14)31-20(32)18-11-13(21(24,25)26)4-9-17(18)19(30-31)12-2-1-3-16(10-12)33-22(27,28)29/h1-11H. The molecule has 0 atom stereocenters. The number of aromatic nitrogens is 2. The predicted molar refractivity (Wildman–Crippen MR) is 104 cm³/mol. The number of ether oxygens (including phenoxy) is 1. The molecule has 33 heavy (non-hydrogen) atoms. The molecule has 0 aliphatic heterocycles. The quantitative estimate of drug-likeness (QED) is 0.341. The maximum atomic E-state index is 13.3. The van der Waals surface area contributed by atoms with Gasteiger partial charge in [-0.2, -0.15) is 23.0 Å². The summed E-state index contributed by atoms with van der Waals surface area (Å²) in [5, 5.41) is 3.77. The van der Waals surface area contributed by atoms with Crippen molar-refractivity contribution in [2.24, 2.45) is 0 Å². The van der Waals surface area contributed by atoms with Gasteiger partial charge in [-0.3, -0.25) is 4.79 Å². The Labute approximate surface area is 180 Å². The molecule has 0 spiro atoms. The average molecular weight is 468 g/mol. The molecule has 0 aliphatic rings. The lowest BCUT2D eigenvalue weighted by molar-refractivity contribution is -0.274. The van der Waals surface area contributed by atoms with E-state index in [4.69, 9.17) is 0 Å². The van der Waals surface area contributed by atoms with E-state index in [9.17, 15) is 35.5 Å². The summed E-state index contributed by atoms with van der Waals surface area (Å²) in [7, 11) is 0. The lowest BCUT2D eigenvalue weighted by Crippen LogP contribution is -2.23. The highest BCUT2D eigenvalue weighted by Gasteiger charge is 2.32. The zero-order valence-corrected chi connectivity index (χ0v) is 16.2. The number of benzene rings is 3. The molecule has 1 aromatic heterocycles. The first-order chi connectivity index (χ1) is 15.4. The van der Waals surface area contributed by atoms with Gasteiger partial charge in [0.15, 0.2) is 0 Å². The van der Waals surface area contributed by atoms with E-state index in [1.165, 1.54) is 24.3 Å². The molecular formula is C22H11F7N2O2. The fourth-order valence-corrected chi connectivity index (χ4v) is 3.23. The van der Waals surface area contributed by atoms with Gasteiger partial charge in [-0.1, -0.05) is 18.2 Å². The van der Waals surface area contributed by atoms with Crippen LogP contribution in [0.2, 0.25) is 0 Å². The van der Waals surface area contributed by atoms with Crippen molar-refractivity contribution in [1.29, 1.82) is 0 Å².